The van der Waals surface area contributed by atoms with E-state index in [0.29, 0.717) is 0 Å². The summed E-state index contributed by atoms with van der Waals surface area (Å²) in [5.41, 5.74) is 19.8. The van der Waals surface area contributed by atoms with Crippen molar-refractivity contribution in [3.63, 3.8) is 0 Å². The summed E-state index contributed by atoms with van der Waals surface area (Å²) in [4.78, 5) is 2.50. The van der Waals surface area contributed by atoms with Crippen molar-refractivity contribution in [1.82, 2.24) is 0 Å². The van der Waals surface area contributed by atoms with E-state index in [2.05, 4.69) is 278 Å². The molecule has 0 fully saturated rings. The molecule has 0 N–H and O–H groups in total. The molecule has 0 bridgehead atoms. The largest absolute Gasteiger partial charge is 0.310 e. The fraction of sp³-hybridized carbons (Fsp3) is 0.0149. The lowest BCUT2D eigenvalue weighted by molar-refractivity contribution is 0.768. The van der Waals surface area contributed by atoms with Crippen LogP contribution < -0.4 is 4.90 Å². The van der Waals surface area contributed by atoms with Crippen LogP contribution in [0.15, 0.2) is 273 Å². The first-order valence-corrected chi connectivity index (χ1v) is 24.6. The summed E-state index contributed by atoms with van der Waals surface area (Å²) < 4.78 is 2.62. The number of fused-ring (bicyclic) bond motifs is 6. The predicted molar refractivity (Wildman–Crippen MR) is 293 cm³/mol. The molecule has 324 valence electrons. The van der Waals surface area contributed by atoms with E-state index in [-0.39, 0.29) is 0 Å². The summed E-state index contributed by atoms with van der Waals surface area (Å²) >= 11 is 1.86. The Bertz CT molecular complexity index is 3780. The van der Waals surface area contributed by atoms with Crippen LogP contribution >= 0.6 is 11.3 Å². The molecule has 11 aromatic carbocycles. The number of benzene rings is 11. The summed E-state index contributed by atoms with van der Waals surface area (Å²) in [6.07, 6.45) is 0. The number of hydrogen-bond acceptors (Lipinski definition) is 2. The van der Waals surface area contributed by atoms with Crippen LogP contribution in [-0.4, -0.2) is 0 Å². The van der Waals surface area contributed by atoms with Crippen LogP contribution in [0.1, 0.15) is 22.3 Å². The van der Waals surface area contributed by atoms with E-state index in [0.717, 1.165) is 17.1 Å². The Labute approximate surface area is 407 Å². The Morgan fingerprint density at radius 1 is 0.304 bits per heavy atom. The third-order valence-corrected chi connectivity index (χ3v) is 15.3. The van der Waals surface area contributed by atoms with Gasteiger partial charge in [0.15, 0.2) is 0 Å². The smallest absolute Gasteiger partial charge is 0.0713 e. The maximum atomic E-state index is 2.50. The Morgan fingerprint density at radius 3 is 1.51 bits per heavy atom. The van der Waals surface area contributed by atoms with Gasteiger partial charge in [0.25, 0.3) is 0 Å². The molecule has 1 aliphatic carbocycles. The summed E-state index contributed by atoms with van der Waals surface area (Å²) in [6, 6.07) is 101. The van der Waals surface area contributed by atoms with Gasteiger partial charge in [-0.25, -0.2) is 0 Å². The maximum Gasteiger partial charge on any atom is 0.0713 e. The van der Waals surface area contributed by atoms with Crippen molar-refractivity contribution >= 4 is 48.6 Å². The Morgan fingerprint density at radius 2 is 0.797 bits per heavy atom. The lowest BCUT2D eigenvalue weighted by Gasteiger charge is -2.34. The van der Waals surface area contributed by atoms with Gasteiger partial charge in [-0.3, -0.25) is 0 Å². The predicted octanol–water partition coefficient (Wildman–Crippen LogP) is 18.6. The van der Waals surface area contributed by atoms with Crippen LogP contribution in [0.4, 0.5) is 17.1 Å². The van der Waals surface area contributed by atoms with Gasteiger partial charge < -0.3 is 4.90 Å². The van der Waals surface area contributed by atoms with Crippen molar-refractivity contribution in [2.45, 2.75) is 5.41 Å². The highest BCUT2D eigenvalue weighted by atomic mass is 32.1. The second-order valence-electron chi connectivity index (χ2n) is 17.9. The van der Waals surface area contributed by atoms with Crippen molar-refractivity contribution in [2.24, 2.45) is 0 Å². The third-order valence-electron chi connectivity index (χ3n) is 14.2. The van der Waals surface area contributed by atoms with E-state index in [1.54, 1.807) is 0 Å². The Hall–Kier alpha value is -8.56. The molecule has 0 saturated carbocycles. The topological polar surface area (TPSA) is 3.24 Å². The van der Waals surface area contributed by atoms with Gasteiger partial charge in [-0.1, -0.05) is 231 Å². The van der Waals surface area contributed by atoms with Gasteiger partial charge in [0.1, 0.15) is 0 Å². The quantitative estimate of drug-likeness (QED) is 0.140. The third kappa shape index (κ3) is 6.67. The first-order valence-electron chi connectivity index (χ1n) is 23.8. The highest BCUT2D eigenvalue weighted by Crippen LogP contribution is 2.58. The van der Waals surface area contributed by atoms with Crippen molar-refractivity contribution < 1.29 is 0 Å². The number of thiophene rings is 1. The highest BCUT2D eigenvalue weighted by Gasteiger charge is 2.46. The van der Waals surface area contributed by atoms with Crippen molar-refractivity contribution in [2.75, 3.05) is 4.90 Å². The van der Waals surface area contributed by atoms with Gasteiger partial charge in [-0.2, -0.15) is 0 Å². The molecule has 0 saturated heterocycles. The molecule has 12 aromatic rings. The summed E-state index contributed by atoms with van der Waals surface area (Å²) in [6.45, 7) is 0. The standard InChI is InChI=1S/C67H45NS/c1-5-21-46(22-6-1)53-29-13-14-31-57(53)65-54(47-23-7-2-8-24-47)33-19-36-62(65)68(51-41-39-48(40-42-51)55-34-20-38-64-66(55)58-32-16-18-37-63(58)69-64)52-43-44-61-59(45-52)56-30-15-17-35-60(56)67(61,49-25-9-3-10-26-49)50-27-11-4-12-28-50/h1-45H. The summed E-state index contributed by atoms with van der Waals surface area (Å²) in [7, 11) is 0. The second-order valence-corrected chi connectivity index (χ2v) is 19.0. The minimum atomic E-state index is -0.501. The average Bonchev–Trinajstić information content (AvgIpc) is 3.96. The number of nitrogens with zero attached hydrogens (tertiary/aromatic N) is 1. The zero-order valence-electron chi connectivity index (χ0n) is 37.8. The van der Waals surface area contributed by atoms with Gasteiger partial charge in [-0.05, 0) is 115 Å². The van der Waals surface area contributed by atoms with Gasteiger partial charge in [0.2, 0.25) is 0 Å². The van der Waals surface area contributed by atoms with Crippen molar-refractivity contribution in [3.8, 4) is 55.6 Å². The van der Waals surface area contributed by atoms with E-state index >= 15 is 0 Å². The lowest BCUT2D eigenvalue weighted by Crippen LogP contribution is -2.28. The molecule has 0 spiro atoms. The average molecular weight is 896 g/mol. The molecule has 0 amide bonds. The normalized spacial score (nSPS) is 12.5. The lowest BCUT2D eigenvalue weighted by atomic mass is 9.68. The molecule has 1 aromatic heterocycles. The second kappa shape index (κ2) is 16.9. The van der Waals surface area contributed by atoms with E-state index in [9.17, 15) is 0 Å². The number of anilines is 3. The number of rotatable bonds is 9. The van der Waals surface area contributed by atoms with E-state index in [1.807, 2.05) is 11.3 Å². The van der Waals surface area contributed by atoms with Crippen LogP contribution in [0.25, 0.3) is 75.8 Å². The van der Waals surface area contributed by atoms with Gasteiger partial charge in [0, 0.05) is 37.1 Å². The van der Waals surface area contributed by atoms with Crippen LogP contribution in [0.2, 0.25) is 0 Å². The van der Waals surface area contributed by atoms with Crippen LogP contribution in [-0.2, 0) is 5.41 Å². The molecular formula is C67H45NS. The zero-order valence-corrected chi connectivity index (χ0v) is 38.7. The van der Waals surface area contributed by atoms with Crippen molar-refractivity contribution in [3.05, 3.63) is 295 Å². The van der Waals surface area contributed by atoms with Crippen LogP contribution in [0, 0.1) is 0 Å². The molecule has 69 heavy (non-hydrogen) atoms. The Kier molecular flexibility index (Phi) is 10.00. The molecule has 0 unspecified atom stereocenters. The molecule has 0 atom stereocenters. The van der Waals surface area contributed by atoms with Crippen LogP contribution in [0.3, 0.4) is 0 Å². The van der Waals surface area contributed by atoms with E-state index < -0.39 is 5.41 Å². The summed E-state index contributed by atoms with van der Waals surface area (Å²) in [5, 5.41) is 2.62. The highest BCUT2D eigenvalue weighted by molar-refractivity contribution is 7.25. The molecule has 1 heterocycles. The molecule has 2 heteroatoms. The fourth-order valence-corrected chi connectivity index (χ4v) is 12.4. The van der Waals surface area contributed by atoms with E-state index in [4.69, 9.17) is 0 Å². The molecule has 1 nitrogen and oxygen atoms in total. The molecule has 0 radical (unpaired) electrons. The minimum absolute atomic E-state index is 0.501. The van der Waals surface area contributed by atoms with Gasteiger partial charge in [-0.15, -0.1) is 11.3 Å². The first-order chi connectivity index (χ1) is 34.3. The van der Waals surface area contributed by atoms with Gasteiger partial charge in [0.05, 0.1) is 11.1 Å². The summed E-state index contributed by atoms with van der Waals surface area (Å²) in [5.74, 6) is 0. The number of hydrogen-bond donors (Lipinski definition) is 0. The molecule has 0 aliphatic heterocycles. The molecule has 1 aliphatic rings. The monoisotopic (exact) mass is 895 g/mol. The van der Waals surface area contributed by atoms with Crippen molar-refractivity contribution in [1.29, 1.82) is 0 Å². The fourth-order valence-electron chi connectivity index (χ4n) is 11.2. The van der Waals surface area contributed by atoms with Gasteiger partial charge >= 0.3 is 0 Å². The maximum absolute atomic E-state index is 2.50. The molecular weight excluding hydrogens is 851 g/mol. The first kappa shape index (κ1) is 40.7. The zero-order chi connectivity index (χ0) is 45.7. The minimum Gasteiger partial charge on any atom is -0.310 e. The van der Waals surface area contributed by atoms with E-state index in [1.165, 1.54) is 98.1 Å². The SMILES string of the molecule is c1ccc(-c2ccccc2-c2c(-c3ccccc3)cccc2N(c2ccc(-c3cccc4sc5ccccc5c34)cc2)c2ccc3c(c2)-c2ccccc2C3(c2ccccc2)c2ccccc2)cc1. The van der Waals surface area contributed by atoms with Crippen LogP contribution in [0.5, 0.6) is 0 Å². The Balaban J connectivity index is 1.08. The molecule has 13 rings (SSSR count).